The van der Waals surface area contributed by atoms with E-state index in [1.165, 1.54) is 22.0 Å². The van der Waals surface area contributed by atoms with Gasteiger partial charge in [-0.25, -0.2) is 0 Å². The molecule has 0 heterocycles. The molecule has 0 unspecified atom stereocenters. The Bertz CT molecular complexity index is 1010. The smallest absolute Gasteiger partial charge is 0.105 e. The van der Waals surface area contributed by atoms with Crippen molar-refractivity contribution >= 4 is 49.9 Å². The fourth-order valence-corrected chi connectivity index (χ4v) is 5.93. The summed E-state index contributed by atoms with van der Waals surface area (Å²) >= 11 is 5.98. The molecule has 0 amide bonds. The fourth-order valence-electron chi connectivity index (χ4n) is 5.06. The third-order valence-electron chi connectivity index (χ3n) is 6.95. The van der Waals surface area contributed by atoms with Gasteiger partial charge in [0.1, 0.15) is 13.1 Å². The zero-order chi connectivity index (χ0) is 21.5. The van der Waals surface area contributed by atoms with E-state index in [0.29, 0.717) is 5.41 Å². The lowest BCUT2D eigenvalue weighted by Gasteiger charge is -2.57. The van der Waals surface area contributed by atoms with Gasteiger partial charge in [-0.2, -0.15) is 5.11 Å². The van der Waals surface area contributed by atoms with Crippen LogP contribution >= 0.6 is 38.5 Å². The summed E-state index contributed by atoms with van der Waals surface area (Å²) in [4.78, 5) is 0. The Morgan fingerprint density at radius 3 is 2.57 bits per heavy atom. The average Bonchev–Trinajstić information content (AvgIpc) is 2.69. The lowest BCUT2D eigenvalue weighted by molar-refractivity contribution is -0.899. The predicted molar refractivity (Wildman–Crippen MR) is 136 cm³/mol. The molecule has 0 radical (unpaired) electrons. The number of azo groups is 1. The van der Waals surface area contributed by atoms with Crippen LogP contribution in [0, 0.1) is 20.8 Å². The average molecular weight is 579 g/mol. The molecule has 0 N–H and O–H groups in total. The molecule has 0 aromatic heterocycles. The molecular weight excluding hydrogens is 549 g/mol. The molecular formula is C25H30BrIN3+. The van der Waals surface area contributed by atoms with Crippen molar-refractivity contribution in [3.05, 3.63) is 67.7 Å². The van der Waals surface area contributed by atoms with Crippen LogP contribution in [0.3, 0.4) is 0 Å². The highest BCUT2D eigenvalue weighted by Gasteiger charge is 2.52. The second kappa shape index (κ2) is 8.47. The summed E-state index contributed by atoms with van der Waals surface area (Å²) in [6.45, 7) is 7.03. The van der Waals surface area contributed by atoms with Crippen molar-refractivity contribution in [3.63, 3.8) is 0 Å². The van der Waals surface area contributed by atoms with Gasteiger partial charge in [-0.05, 0) is 105 Å². The number of benzene rings is 2. The number of fused-ring (bicyclic) bond motifs is 1. The highest BCUT2D eigenvalue weighted by Crippen LogP contribution is 2.59. The van der Waals surface area contributed by atoms with Gasteiger partial charge in [0.15, 0.2) is 0 Å². The Hall–Kier alpha value is -1.05. The largest absolute Gasteiger partial charge is 0.321 e. The first-order chi connectivity index (χ1) is 14.2. The van der Waals surface area contributed by atoms with Crippen LogP contribution in [0.5, 0.6) is 0 Å². The highest BCUT2D eigenvalue weighted by atomic mass is 127. The number of allylic oxidation sites excluding steroid dienone is 1. The minimum absolute atomic E-state index is 0.491. The van der Waals surface area contributed by atoms with Gasteiger partial charge in [0.2, 0.25) is 0 Å². The van der Waals surface area contributed by atoms with Crippen LogP contribution < -0.4 is 0 Å². The molecule has 1 saturated carbocycles. The predicted octanol–water partition coefficient (Wildman–Crippen LogP) is 8.04. The minimum atomic E-state index is 0.491. The molecule has 5 rings (SSSR count). The molecule has 3 aliphatic rings. The van der Waals surface area contributed by atoms with Crippen LogP contribution in [0.2, 0.25) is 0 Å². The molecule has 2 atom stereocenters. The fraction of sp³-hybridized carbons (Fsp3) is 0.440. The van der Waals surface area contributed by atoms with Crippen LogP contribution in [-0.4, -0.2) is 25.1 Å². The monoisotopic (exact) mass is 578 g/mol. The van der Waals surface area contributed by atoms with Crippen molar-refractivity contribution < 1.29 is 4.48 Å². The van der Waals surface area contributed by atoms with Crippen LogP contribution in [-0.2, 0) is 6.54 Å². The van der Waals surface area contributed by atoms with E-state index in [2.05, 4.69) is 94.9 Å². The third-order valence-corrected chi connectivity index (χ3v) is 8.67. The van der Waals surface area contributed by atoms with Gasteiger partial charge < -0.3 is 4.48 Å². The summed E-state index contributed by atoms with van der Waals surface area (Å²) in [5.74, 6) is 1.67. The molecule has 2 bridgehead atoms. The summed E-state index contributed by atoms with van der Waals surface area (Å²) in [6.07, 6.45) is 5.19. The second-order valence-electron chi connectivity index (χ2n) is 10.0. The third kappa shape index (κ3) is 4.58. The van der Waals surface area contributed by atoms with Crippen molar-refractivity contribution in [3.8, 4) is 0 Å². The van der Waals surface area contributed by atoms with Gasteiger partial charge in [-0.15, -0.1) is 5.11 Å². The topological polar surface area (TPSA) is 24.7 Å². The Morgan fingerprint density at radius 2 is 1.87 bits per heavy atom. The van der Waals surface area contributed by atoms with Gasteiger partial charge in [-0.3, -0.25) is 0 Å². The first kappa shape index (κ1) is 22.2. The van der Waals surface area contributed by atoms with Gasteiger partial charge in [0.05, 0.1) is 25.5 Å². The molecule has 158 valence electrons. The van der Waals surface area contributed by atoms with Gasteiger partial charge in [0, 0.05) is 13.6 Å². The number of quaternary nitrogens is 1. The lowest BCUT2D eigenvalue weighted by Crippen LogP contribution is -2.52. The van der Waals surface area contributed by atoms with Gasteiger partial charge in [-0.1, -0.05) is 32.1 Å². The van der Waals surface area contributed by atoms with Crippen LogP contribution in [0.4, 0.5) is 11.4 Å². The molecule has 2 aromatic rings. The Morgan fingerprint density at radius 1 is 1.10 bits per heavy atom. The van der Waals surface area contributed by atoms with Crippen molar-refractivity contribution in [2.24, 2.45) is 27.5 Å². The molecule has 0 spiro atoms. The van der Waals surface area contributed by atoms with E-state index in [-0.39, 0.29) is 0 Å². The van der Waals surface area contributed by atoms with E-state index in [9.17, 15) is 0 Å². The van der Waals surface area contributed by atoms with E-state index >= 15 is 0 Å². The second-order valence-corrected chi connectivity index (χ2v) is 12.0. The quantitative estimate of drug-likeness (QED) is 0.143. The van der Waals surface area contributed by atoms with Crippen LogP contribution in [0.15, 0.2) is 68.8 Å². The highest BCUT2D eigenvalue weighted by molar-refractivity contribution is 14.1. The maximum absolute atomic E-state index is 4.50. The molecule has 0 aliphatic heterocycles. The summed E-state index contributed by atoms with van der Waals surface area (Å²) < 4.78 is 3.21. The molecule has 3 aliphatic carbocycles. The van der Waals surface area contributed by atoms with Crippen molar-refractivity contribution in [2.45, 2.75) is 33.2 Å². The first-order valence-electron chi connectivity index (χ1n) is 10.6. The van der Waals surface area contributed by atoms with E-state index in [1.807, 2.05) is 30.3 Å². The number of halogens is 2. The molecule has 1 fully saturated rings. The van der Waals surface area contributed by atoms with E-state index in [4.69, 9.17) is 0 Å². The summed E-state index contributed by atoms with van der Waals surface area (Å²) in [5.41, 5.74) is 5.25. The molecule has 5 heteroatoms. The maximum atomic E-state index is 4.50. The number of nitrogens with zero attached hydrogens (tertiary/aromatic N) is 3. The Kier molecular flexibility index (Phi) is 6.26. The Balaban J connectivity index is 1.49. The number of hydrogen-bond acceptors (Lipinski definition) is 2. The molecule has 30 heavy (non-hydrogen) atoms. The number of hydrogen-bond donors (Lipinski definition) is 0. The van der Waals surface area contributed by atoms with E-state index in [0.717, 1.165) is 45.3 Å². The van der Waals surface area contributed by atoms with Crippen LogP contribution in [0.25, 0.3) is 0 Å². The zero-order valence-corrected chi connectivity index (χ0v) is 21.9. The van der Waals surface area contributed by atoms with E-state index in [1.54, 1.807) is 5.57 Å². The maximum Gasteiger partial charge on any atom is 0.105 e. The molecule has 3 nitrogen and oxygen atoms in total. The normalized spacial score (nSPS) is 22.7. The van der Waals surface area contributed by atoms with Gasteiger partial charge >= 0.3 is 0 Å². The number of rotatable bonds is 6. The minimum Gasteiger partial charge on any atom is -0.321 e. The summed E-state index contributed by atoms with van der Waals surface area (Å²) in [5, 5.41) is 8.93. The first-order valence-corrected chi connectivity index (χ1v) is 12.5. The van der Waals surface area contributed by atoms with Crippen molar-refractivity contribution in [2.75, 3.05) is 20.6 Å². The molecule has 2 aromatic carbocycles. The lowest BCUT2D eigenvalue weighted by atomic mass is 9.49. The van der Waals surface area contributed by atoms with Crippen molar-refractivity contribution in [1.82, 2.24) is 0 Å². The zero-order valence-electron chi connectivity index (χ0n) is 18.2. The van der Waals surface area contributed by atoms with Crippen LogP contribution in [0.1, 0.15) is 32.3 Å². The van der Waals surface area contributed by atoms with E-state index < -0.39 is 0 Å². The SMILES string of the molecule is CC1(C)[C@H]2CC=C(C[N+](C)(C)Cc3cc(N=Nc4ccccc4Br)ccc3I)[C@@H]1C2. The molecule has 0 saturated heterocycles. The summed E-state index contributed by atoms with van der Waals surface area (Å²) in [7, 11) is 4.70. The Labute approximate surface area is 202 Å². The van der Waals surface area contributed by atoms with Crippen molar-refractivity contribution in [1.29, 1.82) is 0 Å². The summed E-state index contributed by atoms with van der Waals surface area (Å²) in [6, 6.07) is 14.3. The van der Waals surface area contributed by atoms with Gasteiger partial charge in [0.25, 0.3) is 0 Å². The standard InChI is InChI=1S/C25H30BrIN3/c1-25(2)19-10-9-17(21(25)14-19)15-30(3,4)16-18-13-20(11-12-23(18)27)28-29-24-8-6-5-7-22(24)26/h5-9,11-13,19,21H,10,14-16H2,1-4H3/q+1/t19-,21-/m0/s1. The number of likely N-dealkylation sites (N-methyl/N-ethyl adjacent to an activating group) is 1.